The van der Waals surface area contributed by atoms with E-state index in [0.29, 0.717) is 18.8 Å². The Morgan fingerprint density at radius 2 is 1.86 bits per heavy atom. The molecule has 3 atom stereocenters. The molecule has 1 fully saturated rings. The zero-order chi connectivity index (χ0) is 17.0. The van der Waals surface area contributed by atoms with Gasteiger partial charge in [0.1, 0.15) is 0 Å². The van der Waals surface area contributed by atoms with Crippen LogP contribution in [0.4, 0.5) is 0 Å². The Morgan fingerprint density at radius 1 is 1.27 bits per heavy atom. The summed E-state index contributed by atoms with van der Waals surface area (Å²) in [6, 6.07) is 0. The first kappa shape index (κ1) is 18.7. The SMILES string of the molecule is C=CCCCCC(C(=O)O)(C(=O)O)C1(C)CCCC(C)C1C. The Labute approximate surface area is 133 Å². The lowest BCUT2D eigenvalue weighted by Gasteiger charge is -2.51. The molecule has 22 heavy (non-hydrogen) atoms. The van der Waals surface area contributed by atoms with Crippen LogP contribution in [0.3, 0.4) is 0 Å². The van der Waals surface area contributed by atoms with Gasteiger partial charge >= 0.3 is 11.9 Å². The maximum Gasteiger partial charge on any atom is 0.321 e. The largest absolute Gasteiger partial charge is 0.480 e. The van der Waals surface area contributed by atoms with E-state index in [1.807, 2.05) is 13.8 Å². The van der Waals surface area contributed by atoms with Gasteiger partial charge in [0.2, 0.25) is 0 Å². The molecule has 1 saturated carbocycles. The molecule has 1 aliphatic rings. The van der Waals surface area contributed by atoms with Gasteiger partial charge in [-0.3, -0.25) is 9.59 Å². The lowest BCUT2D eigenvalue weighted by Crippen LogP contribution is -2.57. The van der Waals surface area contributed by atoms with Crippen molar-refractivity contribution in [1.29, 1.82) is 0 Å². The third-order valence-corrected chi connectivity index (χ3v) is 6.13. The molecule has 3 unspecified atom stereocenters. The second-order valence-electron chi connectivity index (χ2n) is 7.13. The van der Waals surface area contributed by atoms with Gasteiger partial charge in [-0.15, -0.1) is 6.58 Å². The Balaban J connectivity index is 3.20. The fraction of sp³-hybridized carbons (Fsp3) is 0.778. The number of carboxylic acid groups (broad SMARTS) is 2. The highest BCUT2D eigenvalue weighted by atomic mass is 16.4. The summed E-state index contributed by atoms with van der Waals surface area (Å²) in [5.74, 6) is -1.93. The van der Waals surface area contributed by atoms with Gasteiger partial charge in [-0.05, 0) is 42.9 Å². The highest BCUT2D eigenvalue weighted by molar-refractivity contribution is 5.99. The van der Waals surface area contributed by atoms with Gasteiger partial charge in [0, 0.05) is 0 Å². The van der Waals surface area contributed by atoms with E-state index >= 15 is 0 Å². The quantitative estimate of drug-likeness (QED) is 0.397. The predicted molar refractivity (Wildman–Crippen MR) is 86.7 cm³/mol. The van der Waals surface area contributed by atoms with Crippen LogP contribution in [-0.4, -0.2) is 22.2 Å². The molecular weight excluding hydrogens is 280 g/mol. The second-order valence-corrected chi connectivity index (χ2v) is 7.13. The first-order chi connectivity index (χ1) is 10.2. The number of carbonyl (C=O) groups is 2. The normalized spacial score (nSPS) is 29.0. The van der Waals surface area contributed by atoms with Gasteiger partial charge in [-0.1, -0.05) is 46.1 Å². The van der Waals surface area contributed by atoms with E-state index in [1.165, 1.54) is 0 Å². The minimum atomic E-state index is -1.69. The Morgan fingerprint density at radius 3 is 2.36 bits per heavy atom. The fourth-order valence-corrected chi connectivity index (χ4v) is 4.26. The van der Waals surface area contributed by atoms with Crippen LogP contribution in [0.15, 0.2) is 12.7 Å². The molecule has 1 aliphatic carbocycles. The standard InChI is InChI=1S/C18H30O4/c1-5-6-7-8-12-18(15(19)20,16(21)22)17(4)11-9-10-13(2)14(17)3/h5,13-14H,1,6-12H2,2-4H3,(H,19,20)(H,21,22). The molecule has 1 rings (SSSR count). The summed E-state index contributed by atoms with van der Waals surface area (Å²) in [5.41, 5.74) is -2.40. The van der Waals surface area contributed by atoms with Crippen LogP contribution < -0.4 is 0 Å². The second kappa shape index (κ2) is 7.30. The number of hydrogen-bond donors (Lipinski definition) is 2. The summed E-state index contributed by atoms with van der Waals surface area (Å²) in [6.45, 7) is 9.66. The van der Waals surface area contributed by atoms with E-state index in [2.05, 4.69) is 13.5 Å². The van der Waals surface area contributed by atoms with E-state index in [-0.39, 0.29) is 12.3 Å². The van der Waals surface area contributed by atoms with Crippen LogP contribution in [0, 0.1) is 22.7 Å². The van der Waals surface area contributed by atoms with Crippen molar-refractivity contribution in [3.63, 3.8) is 0 Å². The maximum absolute atomic E-state index is 12.1. The average Bonchev–Trinajstić information content (AvgIpc) is 2.44. The summed E-state index contributed by atoms with van der Waals surface area (Å²) < 4.78 is 0. The third kappa shape index (κ3) is 3.06. The highest BCUT2D eigenvalue weighted by Gasteiger charge is 2.62. The van der Waals surface area contributed by atoms with Gasteiger partial charge in [0.15, 0.2) is 5.41 Å². The molecular formula is C18H30O4. The molecule has 0 amide bonds. The molecule has 0 bridgehead atoms. The molecule has 0 aromatic rings. The smallest absolute Gasteiger partial charge is 0.321 e. The molecule has 0 radical (unpaired) electrons. The van der Waals surface area contributed by atoms with Crippen molar-refractivity contribution in [2.75, 3.05) is 0 Å². The summed E-state index contributed by atoms with van der Waals surface area (Å²) in [5, 5.41) is 19.7. The molecule has 4 nitrogen and oxygen atoms in total. The summed E-state index contributed by atoms with van der Waals surface area (Å²) in [7, 11) is 0. The lowest BCUT2D eigenvalue weighted by atomic mass is 9.50. The van der Waals surface area contributed by atoms with Gasteiger partial charge in [-0.25, -0.2) is 0 Å². The zero-order valence-electron chi connectivity index (χ0n) is 14.1. The van der Waals surface area contributed by atoms with Crippen molar-refractivity contribution in [2.24, 2.45) is 22.7 Å². The molecule has 0 heterocycles. The van der Waals surface area contributed by atoms with E-state index in [1.54, 1.807) is 6.08 Å². The summed E-state index contributed by atoms with van der Waals surface area (Å²) in [4.78, 5) is 24.2. The first-order valence-corrected chi connectivity index (χ1v) is 8.31. The Hall–Kier alpha value is -1.32. The third-order valence-electron chi connectivity index (χ3n) is 6.13. The minimum Gasteiger partial charge on any atom is -0.480 e. The zero-order valence-corrected chi connectivity index (χ0v) is 14.1. The minimum absolute atomic E-state index is 0.0767. The topological polar surface area (TPSA) is 74.6 Å². The molecule has 2 N–H and O–H groups in total. The number of unbranched alkanes of at least 4 members (excludes halogenated alkanes) is 2. The molecule has 0 spiro atoms. The van der Waals surface area contributed by atoms with Gasteiger partial charge in [-0.2, -0.15) is 0 Å². The van der Waals surface area contributed by atoms with Crippen LogP contribution in [0.1, 0.15) is 65.7 Å². The number of hydrogen-bond acceptors (Lipinski definition) is 2. The summed E-state index contributed by atoms with van der Waals surface area (Å²) >= 11 is 0. The Kier molecular flexibility index (Phi) is 6.21. The predicted octanol–water partition coefficient (Wildman–Crippen LogP) is 4.35. The van der Waals surface area contributed by atoms with Gasteiger partial charge in [0.05, 0.1) is 0 Å². The number of carboxylic acids is 2. The van der Waals surface area contributed by atoms with Crippen molar-refractivity contribution in [3.8, 4) is 0 Å². The van der Waals surface area contributed by atoms with Crippen molar-refractivity contribution in [3.05, 3.63) is 12.7 Å². The number of aliphatic carboxylic acids is 2. The van der Waals surface area contributed by atoms with E-state index in [4.69, 9.17) is 0 Å². The molecule has 0 aliphatic heterocycles. The van der Waals surface area contributed by atoms with Crippen molar-refractivity contribution in [2.45, 2.75) is 65.7 Å². The monoisotopic (exact) mass is 310 g/mol. The van der Waals surface area contributed by atoms with Crippen molar-refractivity contribution in [1.82, 2.24) is 0 Å². The van der Waals surface area contributed by atoms with E-state index < -0.39 is 22.8 Å². The lowest BCUT2D eigenvalue weighted by molar-refractivity contribution is -0.185. The fourth-order valence-electron chi connectivity index (χ4n) is 4.26. The van der Waals surface area contributed by atoms with Crippen LogP contribution in [0.25, 0.3) is 0 Å². The van der Waals surface area contributed by atoms with Gasteiger partial charge in [0.25, 0.3) is 0 Å². The molecule has 0 aromatic heterocycles. The van der Waals surface area contributed by atoms with Crippen LogP contribution in [-0.2, 0) is 9.59 Å². The molecule has 4 heteroatoms. The van der Waals surface area contributed by atoms with Crippen molar-refractivity contribution < 1.29 is 19.8 Å². The molecule has 0 saturated heterocycles. The first-order valence-electron chi connectivity index (χ1n) is 8.31. The Bertz CT molecular complexity index is 415. The highest BCUT2D eigenvalue weighted by Crippen LogP contribution is 2.57. The maximum atomic E-state index is 12.1. The van der Waals surface area contributed by atoms with Crippen LogP contribution >= 0.6 is 0 Å². The van der Waals surface area contributed by atoms with Gasteiger partial charge < -0.3 is 10.2 Å². The average molecular weight is 310 g/mol. The van der Waals surface area contributed by atoms with E-state index in [0.717, 1.165) is 25.7 Å². The summed E-state index contributed by atoms with van der Waals surface area (Å²) in [6.07, 6.45) is 6.76. The van der Waals surface area contributed by atoms with E-state index in [9.17, 15) is 19.8 Å². The van der Waals surface area contributed by atoms with Crippen LogP contribution in [0.5, 0.6) is 0 Å². The molecule has 0 aromatic carbocycles. The number of rotatable bonds is 8. The molecule has 126 valence electrons. The van der Waals surface area contributed by atoms with Crippen LogP contribution in [0.2, 0.25) is 0 Å². The number of allylic oxidation sites excluding steroid dienone is 1. The van der Waals surface area contributed by atoms with Crippen molar-refractivity contribution >= 4 is 11.9 Å².